The van der Waals surface area contributed by atoms with Gasteiger partial charge in [0.1, 0.15) is 11.6 Å². The summed E-state index contributed by atoms with van der Waals surface area (Å²) in [5, 5.41) is 2.16. The van der Waals surface area contributed by atoms with E-state index in [9.17, 15) is 4.79 Å². The van der Waals surface area contributed by atoms with Crippen LogP contribution in [0.5, 0.6) is 0 Å². The molecule has 0 unspecified atom stereocenters. The van der Waals surface area contributed by atoms with Crippen molar-refractivity contribution in [2.24, 2.45) is 5.73 Å². The summed E-state index contributed by atoms with van der Waals surface area (Å²) in [6.07, 6.45) is 3.40. The zero-order valence-electron chi connectivity index (χ0n) is 9.95. The molecule has 0 saturated carbocycles. The lowest BCUT2D eigenvalue weighted by Gasteiger charge is -2.27. The highest BCUT2D eigenvalue weighted by Crippen LogP contribution is 2.11. The summed E-state index contributed by atoms with van der Waals surface area (Å²) in [5.74, 6) is -0.273. The fourth-order valence-corrected chi connectivity index (χ4v) is 1.84. The van der Waals surface area contributed by atoms with E-state index in [0.717, 1.165) is 19.4 Å². The Morgan fingerprint density at radius 1 is 1.47 bits per heavy atom. The molecule has 0 amide bonds. The van der Waals surface area contributed by atoms with Crippen molar-refractivity contribution >= 4 is 5.97 Å². The van der Waals surface area contributed by atoms with Gasteiger partial charge in [-0.05, 0) is 33.6 Å². The molecule has 0 aliphatic carbocycles. The summed E-state index contributed by atoms with van der Waals surface area (Å²) in [6, 6.07) is -0.280. The van der Waals surface area contributed by atoms with Gasteiger partial charge in [-0.15, -0.1) is 0 Å². The SMILES string of the molecule is CC(C)(C)OC(=O)[C@@H](N)[C@H]1CCCC[NH2+]1. The molecular weight excluding hydrogens is 192 g/mol. The highest BCUT2D eigenvalue weighted by Gasteiger charge is 2.32. The van der Waals surface area contributed by atoms with Gasteiger partial charge in [-0.3, -0.25) is 4.79 Å². The third kappa shape index (κ3) is 4.18. The first-order valence-corrected chi connectivity index (χ1v) is 5.72. The van der Waals surface area contributed by atoms with Gasteiger partial charge in [0.15, 0.2) is 6.04 Å². The van der Waals surface area contributed by atoms with Gasteiger partial charge in [-0.1, -0.05) is 0 Å². The third-order valence-electron chi connectivity index (χ3n) is 2.60. The van der Waals surface area contributed by atoms with Crippen LogP contribution in [0.3, 0.4) is 0 Å². The van der Waals surface area contributed by atoms with E-state index in [2.05, 4.69) is 5.32 Å². The van der Waals surface area contributed by atoms with Crippen LogP contribution >= 0.6 is 0 Å². The maximum absolute atomic E-state index is 11.7. The number of hydrogen-bond donors (Lipinski definition) is 2. The lowest BCUT2D eigenvalue weighted by atomic mass is 9.98. The second-order valence-electron chi connectivity index (χ2n) is 5.24. The largest absolute Gasteiger partial charge is 0.459 e. The summed E-state index contributed by atoms with van der Waals surface area (Å²) in [6.45, 7) is 6.66. The third-order valence-corrected chi connectivity index (χ3v) is 2.60. The molecule has 4 N–H and O–H groups in total. The molecule has 0 aromatic rings. The van der Waals surface area contributed by atoms with Crippen LogP contribution in [-0.4, -0.2) is 30.2 Å². The first-order valence-electron chi connectivity index (χ1n) is 5.72. The predicted molar refractivity (Wildman–Crippen MR) is 58.3 cm³/mol. The number of rotatable bonds is 2. The summed E-state index contributed by atoms with van der Waals surface area (Å²) in [5.41, 5.74) is 5.45. The monoisotopic (exact) mass is 215 g/mol. The molecule has 2 atom stereocenters. The molecule has 0 radical (unpaired) electrons. The normalized spacial score (nSPS) is 24.7. The molecule has 4 nitrogen and oxygen atoms in total. The van der Waals surface area contributed by atoms with Crippen LogP contribution in [0.25, 0.3) is 0 Å². The van der Waals surface area contributed by atoms with E-state index < -0.39 is 11.6 Å². The lowest BCUT2D eigenvalue weighted by Crippen LogP contribution is -2.95. The molecule has 1 rings (SSSR count). The summed E-state index contributed by atoms with van der Waals surface area (Å²) >= 11 is 0. The van der Waals surface area contributed by atoms with Crippen LogP contribution < -0.4 is 11.1 Å². The van der Waals surface area contributed by atoms with Gasteiger partial charge in [-0.25, -0.2) is 0 Å². The van der Waals surface area contributed by atoms with Crippen molar-refractivity contribution in [1.82, 2.24) is 0 Å². The Morgan fingerprint density at radius 3 is 2.60 bits per heavy atom. The molecule has 1 fully saturated rings. The predicted octanol–water partition coefficient (Wildman–Crippen LogP) is -0.229. The Balaban J connectivity index is 2.44. The van der Waals surface area contributed by atoms with E-state index >= 15 is 0 Å². The maximum Gasteiger partial charge on any atom is 0.329 e. The average Bonchev–Trinajstić information content (AvgIpc) is 2.15. The molecule has 0 aromatic carbocycles. The zero-order valence-corrected chi connectivity index (χ0v) is 9.95. The Kier molecular flexibility index (Phi) is 4.11. The van der Waals surface area contributed by atoms with E-state index in [4.69, 9.17) is 10.5 Å². The molecule has 1 heterocycles. The number of piperidine rings is 1. The number of ether oxygens (including phenoxy) is 1. The van der Waals surface area contributed by atoms with E-state index in [1.54, 1.807) is 0 Å². The molecule has 0 spiro atoms. The van der Waals surface area contributed by atoms with Crippen LogP contribution in [0, 0.1) is 0 Å². The Labute approximate surface area is 91.5 Å². The summed E-state index contributed by atoms with van der Waals surface area (Å²) in [4.78, 5) is 11.7. The minimum absolute atomic E-state index is 0.202. The fourth-order valence-electron chi connectivity index (χ4n) is 1.84. The highest BCUT2D eigenvalue weighted by molar-refractivity contribution is 5.76. The van der Waals surface area contributed by atoms with Crippen molar-refractivity contribution in [2.75, 3.05) is 6.54 Å². The van der Waals surface area contributed by atoms with Crippen LogP contribution in [0.4, 0.5) is 0 Å². The number of quaternary nitrogens is 1. The van der Waals surface area contributed by atoms with Crippen molar-refractivity contribution in [3.05, 3.63) is 0 Å². The number of carbonyl (C=O) groups excluding carboxylic acids is 1. The van der Waals surface area contributed by atoms with Gasteiger partial charge in [-0.2, -0.15) is 0 Å². The van der Waals surface area contributed by atoms with Gasteiger partial charge >= 0.3 is 5.97 Å². The van der Waals surface area contributed by atoms with E-state index in [1.165, 1.54) is 6.42 Å². The van der Waals surface area contributed by atoms with Gasteiger partial charge in [0.25, 0.3) is 0 Å². The van der Waals surface area contributed by atoms with Crippen molar-refractivity contribution in [1.29, 1.82) is 0 Å². The summed E-state index contributed by atoms with van der Waals surface area (Å²) in [7, 11) is 0. The molecule has 1 aliphatic rings. The second-order valence-corrected chi connectivity index (χ2v) is 5.24. The van der Waals surface area contributed by atoms with E-state index in [1.807, 2.05) is 20.8 Å². The number of nitrogens with two attached hydrogens (primary N) is 2. The molecule has 1 aliphatic heterocycles. The Hall–Kier alpha value is -0.610. The fraction of sp³-hybridized carbons (Fsp3) is 0.909. The van der Waals surface area contributed by atoms with E-state index in [0.29, 0.717) is 0 Å². The van der Waals surface area contributed by atoms with Crippen LogP contribution in [0.1, 0.15) is 40.0 Å². The molecule has 1 saturated heterocycles. The molecule has 0 bridgehead atoms. The second kappa shape index (κ2) is 4.94. The first-order chi connectivity index (χ1) is 6.90. The van der Waals surface area contributed by atoms with E-state index in [-0.39, 0.29) is 12.0 Å². The van der Waals surface area contributed by atoms with Gasteiger partial charge in [0.2, 0.25) is 0 Å². The lowest BCUT2D eigenvalue weighted by molar-refractivity contribution is -0.697. The minimum atomic E-state index is -0.482. The highest BCUT2D eigenvalue weighted by atomic mass is 16.6. The van der Waals surface area contributed by atoms with Crippen molar-refractivity contribution in [3.8, 4) is 0 Å². The topological polar surface area (TPSA) is 68.9 Å². The molecular formula is C11H23N2O2+. The summed E-state index contributed by atoms with van der Waals surface area (Å²) < 4.78 is 5.27. The number of carbonyl (C=O) groups is 1. The number of esters is 1. The van der Waals surface area contributed by atoms with Gasteiger partial charge in [0.05, 0.1) is 6.54 Å². The zero-order chi connectivity index (χ0) is 11.5. The molecule has 88 valence electrons. The van der Waals surface area contributed by atoms with Gasteiger partial charge in [0, 0.05) is 6.42 Å². The standard InChI is InChI=1S/C11H22N2O2/c1-11(2,3)15-10(14)9(12)8-6-4-5-7-13-8/h8-9,13H,4-7,12H2,1-3H3/p+1/t8-,9+/m1/s1. The molecule has 4 heteroatoms. The van der Waals surface area contributed by atoms with Crippen molar-refractivity contribution in [2.45, 2.75) is 57.7 Å². The first kappa shape index (κ1) is 12.5. The molecule has 0 aromatic heterocycles. The van der Waals surface area contributed by atoms with Crippen molar-refractivity contribution < 1.29 is 14.8 Å². The van der Waals surface area contributed by atoms with Crippen LogP contribution in [0.2, 0.25) is 0 Å². The van der Waals surface area contributed by atoms with Crippen molar-refractivity contribution in [3.63, 3.8) is 0 Å². The smallest absolute Gasteiger partial charge is 0.329 e. The quantitative estimate of drug-likeness (QED) is 0.625. The minimum Gasteiger partial charge on any atom is -0.459 e. The van der Waals surface area contributed by atoms with Crippen LogP contribution in [0.15, 0.2) is 0 Å². The Bertz CT molecular complexity index is 217. The Morgan fingerprint density at radius 2 is 2.13 bits per heavy atom. The number of hydrogen-bond acceptors (Lipinski definition) is 3. The average molecular weight is 215 g/mol. The molecule has 15 heavy (non-hydrogen) atoms. The maximum atomic E-state index is 11.7. The van der Waals surface area contributed by atoms with Crippen LogP contribution in [-0.2, 0) is 9.53 Å². The van der Waals surface area contributed by atoms with Gasteiger partial charge < -0.3 is 15.8 Å².